The van der Waals surface area contributed by atoms with E-state index in [1.54, 1.807) is 0 Å². The minimum atomic E-state index is -0.748. The number of benzene rings is 1. The zero-order valence-electron chi connectivity index (χ0n) is 13.3. The van der Waals surface area contributed by atoms with Crippen LogP contribution in [0.4, 0.5) is 0 Å². The van der Waals surface area contributed by atoms with E-state index in [0.717, 1.165) is 37.4 Å². The lowest BCUT2D eigenvalue weighted by molar-refractivity contribution is -0.139. The average Bonchev–Trinajstić information content (AvgIpc) is 2.44. The van der Waals surface area contributed by atoms with Gasteiger partial charge in [0.15, 0.2) is 0 Å². The number of likely N-dealkylation sites (N-methyl/N-ethyl adjacent to an activating group) is 1. The van der Waals surface area contributed by atoms with Gasteiger partial charge in [-0.15, -0.1) is 0 Å². The first-order chi connectivity index (χ1) is 10.5. The van der Waals surface area contributed by atoms with E-state index in [1.165, 1.54) is 11.1 Å². The summed E-state index contributed by atoms with van der Waals surface area (Å²) in [7, 11) is 0. The van der Waals surface area contributed by atoms with E-state index in [2.05, 4.69) is 18.3 Å². The number of nitrogens with one attached hydrogen (secondary N) is 1. The van der Waals surface area contributed by atoms with Crippen molar-refractivity contribution in [1.82, 2.24) is 10.2 Å². The van der Waals surface area contributed by atoms with E-state index in [4.69, 9.17) is 16.7 Å². The van der Waals surface area contributed by atoms with Crippen molar-refractivity contribution >= 4 is 17.6 Å². The number of carbonyl (C=O) groups is 1. The van der Waals surface area contributed by atoms with E-state index in [9.17, 15) is 4.79 Å². The Morgan fingerprint density at radius 3 is 2.73 bits per heavy atom. The van der Waals surface area contributed by atoms with E-state index in [0.29, 0.717) is 12.1 Å². The number of carboxylic acids is 1. The first-order valence-electron chi connectivity index (χ1n) is 8.00. The molecule has 0 atom stereocenters. The summed E-state index contributed by atoms with van der Waals surface area (Å²) in [6.07, 6.45) is 2.99. The van der Waals surface area contributed by atoms with Gasteiger partial charge in [-0.05, 0) is 43.0 Å². The lowest BCUT2D eigenvalue weighted by Crippen LogP contribution is -2.53. The normalized spacial score (nSPS) is 20.9. The summed E-state index contributed by atoms with van der Waals surface area (Å²) in [5.41, 5.74) is 2.48. The molecule has 0 bridgehead atoms. The summed E-state index contributed by atoms with van der Waals surface area (Å²) < 4.78 is 0. The number of hydrogen-bond donors (Lipinski definition) is 2. The fourth-order valence-corrected chi connectivity index (χ4v) is 3.37. The molecule has 22 heavy (non-hydrogen) atoms. The Labute approximate surface area is 137 Å². The maximum absolute atomic E-state index is 10.8. The maximum Gasteiger partial charge on any atom is 0.317 e. The highest BCUT2D eigenvalue weighted by atomic mass is 35.5. The molecule has 0 unspecified atom stereocenters. The van der Waals surface area contributed by atoms with Crippen LogP contribution in [0, 0.1) is 0 Å². The fraction of sp³-hybridized carbons (Fsp3) is 0.588. The maximum atomic E-state index is 10.8. The molecule has 1 aromatic carbocycles. The van der Waals surface area contributed by atoms with Gasteiger partial charge in [-0.2, -0.15) is 0 Å². The Balaban J connectivity index is 1.82. The van der Waals surface area contributed by atoms with E-state index in [-0.39, 0.29) is 6.54 Å². The number of rotatable bonds is 8. The van der Waals surface area contributed by atoms with Gasteiger partial charge < -0.3 is 10.4 Å². The van der Waals surface area contributed by atoms with Gasteiger partial charge in [0.25, 0.3) is 0 Å². The third-order valence-corrected chi connectivity index (χ3v) is 4.89. The molecule has 5 heteroatoms. The Morgan fingerprint density at radius 2 is 2.14 bits per heavy atom. The lowest BCUT2D eigenvalue weighted by Gasteiger charge is -2.42. The number of carboxylic acid groups (broad SMARTS) is 1. The molecule has 2 N–H and O–H groups in total. The first kappa shape index (κ1) is 17.3. The van der Waals surface area contributed by atoms with Crippen LogP contribution in [0.3, 0.4) is 0 Å². The van der Waals surface area contributed by atoms with E-state index >= 15 is 0 Å². The number of aliphatic carboxylic acids is 1. The minimum Gasteiger partial charge on any atom is -0.480 e. The first-order valence-corrected chi connectivity index (χ1v) is 8.38. The number of aryl methyl sites for hydroxylation is 1. The van der Waals surface area contributed by atoms with Crippen molar-refractivity contribution in [2.45, 2.75) is 51.7 Å². The lowest BCUT2D eigenvalue weighted by atomic mass is 9.85. The van der Waals surface area contributed by atoms with Gasteiger partial charge in [-0.3, -0.25) is 9.69 Å². The third-order valence-electron chi connectivity index (χ3n) is 4.54. The monoisotopic (exact) mass is 324 g/mol. The molecule has 0 heterocycles. The van der Waals surface area contributed by atoms with E-state index < -0.39 is 5.97 Å². The van der Waals surface area contributed by atoms with Crippen LogP contribution in [0.2, 0.25) is 5.02 Å². The minimum absolute atomic E-state index is 0.137. The molecule has 0 spiro atoms. The second-order valence-corrected chi connectivity index (χ2v) is 6.30. The largest absolute Gasteiger partial charge is 0.480 e. The molecule has 0 amide bonds. The number of nitrogens with zero attached hydrogens (tertiary/aromatic N) is 1. The predicted octanol–water partition coefficient (Wildman–Crippen LogP) is 2.93. The number of halogens is 1. The molecule has 1 aliphatic rings. The zero-order chi connectivity index (χ0) is 16.1. The van der Waals surface area contributed by atoms with Crippen LogP contribution in [0.25, 0.3) is 0 Å². The summed E-state index contributed by atoms with van der Waals surface area (Å²) in [6.45, 7) is 5.86. The highest BCUT2D eigenvalue weighted by Crippen LogP contribution is 2.27. The van der Waals surface area contributed by atoms with Gasteiger partial charge in [0.1, 0.15) is 0 Å². The molecule has 1 aliphatic carbocycles. The zero-order valence-corrected chi connectivity index (χ0v) is 14.1. The van der Waals surface area contributed by atoms with Crippen LogP contribution in [0.15, 0.2) is 18.2 Å². The molecule has 2 rings (SSSR count). The Hall–Kier alpha value is -1.10. The van der Waals surface area contributed by atoms with Crippen molar-refractivity contribution in [3.63, 3.8) is 0 Å². The molecule has 0 aromatic heterocycles. The van der Waals surface area contributed by atoms with Crippen LogP contribution in [0.5, 0.6) is 0 Å². The van der Waals surface area contributed by atoms with Crippen LogP contribution in [-0.2, 0) is 17.8 Å². The van der Waals surface area contributed by atoms with Gasteiger partial charge in [-0.1, -0.05) is 37.6 Å². The molecule has 122 valence electrons. The quantitative estimate of drug-likeness (QED) is 0.772. The Bertz CT molecular complexity index is 515. The fourth-order valence-electron chi connectivity index (χ4n) is 3.10. The number of hydrogen-bond acceptors (Lipinski definition) is 3. The molecule has 0 radical (unpaired) electrons. The van der Waals surface area contributed by atoms with Crippen molar-refractivity contribution in [2.75, 3.05) is 13.1 Å². The second-order valence-electron chi connectivity index (χ2n) is 5.89. The molecule has 0 aliphatic heterocycles. The van der Waals surface area contributed by atoms with Gasteiger partial charge in [-0.25, -0.2) is 0 Å². The SMILES string of the molecule is CCc1cccc(Cl)c1CNC1CC(N(CC)CC(=O)O)C1. The Kier molecular flexibility index (Phi) is 6.24. The second kappa shape index (κ2) is 7.95. The summed E-state index contributed by atoms with van der Waals surface area (Å²) in [5, 5.41) is 13.3. The van der Waals surface area contributed by atoms with Crippen LogP contribution in [0.1, 0.15) is 37.8 Å². The van der Waals surface area contributed by atoms with Crippen LogP contribution in [-0.4, -0.2) is 41.1 Å². The van der Waals surface area contributed by atoms with E-state index in [1.807, 2.05) is 24.0 Å². The molecular formula is C17H25ClN2O2. The smallest absolute Gasteiger partial charge is 0.317 e. The van der Waals surface area contributed by atoms with Crippen molar-refractivity contribution in [1.29, 1.82) is 0 Å². The average molecular weight is 325 g/mol. The highest BCUT2D eigenvalue weighted by molar-refractivity contribution is 6.31. The molecule has 1 saturated carbocycles. The summed E-state index contributed by atoms with van der Waals surface area (Å²) in [6, 6.07) is 6.89. The van der Waals surface area contributed by atoms with Crippen molar-refractivity contribution in [3.05, 3.63) is 34.3 Å². The third kappa shape index (κ3) is 4.22. The topological polar surface area (TPSA) is 52.6 Å². The van der Waals surface area contributed by atoms with Crippen molar-refractivity contribution in [3.8, 4) is 0 Å². The summed E-state index contributed by atoms with van der Waals surface area (Å²) >= 11 is 6.30. The molecular weight excluding hydrogens is 300 g/mol. The highest BCUT2D eigenvalue weighted by Gasteiger charge is 2.33. The van der Waals surface area contributed by atoms with Crippen molar-refractivity contribution in [2.24, 2.45) is 0 Å². The van der Waals surface area contributed by atoms with Gasteiger partial charge >= 0.3 is 5.97 Å². The van der Waals surface area contributed by atoms with Crippen LogP contribution < -0.4 is 5.32 Å². The van der Waals surface area contributed by atoms with Gasteiger partial charge in [0.2, 0.25) is 0 Å². The van der Waals surface area contributed by atoms with Gasteiger partial charge in [0, 0.05) is 23.7 Å². The standard InChI is InChI=1S/C17H25ClN2O2/c1-3-12-6-5-7-16(18)15(12)10-19-13-8-14(9-13)20(4-2)11-17(21)22/h5-7,13-14,19H,3-4,8-11H2,1-2H3,(H,21,22). The Morgan fingerprint density at radius 1 is 1.41 bits per heavy atom. The van der Waals surface area contributed by atoms with Crippen molar-refractivity contribution < 1.29 is 9.90 Å². The predicted molar refractivity (Wildman–Crippen MR) is 89.4 cm³/mol. The van der Waals surface area contributed by atoms with Crippen LogP contribution >= 0.6 is 11.6 Å². The molecule has 1 fully saturated rings. The molecule has 0 saturated heterocycles. The summed E-state index contributed by atoms with van der Waals surface area (Å²) in [5.74, 6) is -0.748. The molecule has 4 nitrogen and oxygen atoms in total. The molecule has 1 aromatic rings. The summed E-state index contributed by atoms with van der Waals surface area (Å²) in [4.78, 5) is 12.9. The van der Waals surface area contributed by atoms with Gasteiger partial charge in [0.05, 0.1) is 6.54 Å².